The van der Waals surface area contributed by atoms with Crippen molar-refractivity contribution in [3.8, 4) is 6.07 Å². The monoisotopic (exact) mass is 273 g/mol. The molecular formula is C15H19N3O2. The van der Waals surface area contributed by atoms with Crippen LogP contribution in [0.25, 0.3) is 0 Å². The van der Waals surface area contributed by atoms with Gasteiger partial charge in [-0.25, -0.2) is 0 Å². The quantitative estimate of drug-likeness (QED) is 0.896. The van der Waals surface area contributed by atoms with Crippen molar-refractivity contribution in [1.29, 1.82) is 5.26 Å². The summed E-state index contributed by atoms with van der Waals surface area (Å²) in [7, 11) is 0. The Kier molecular flexibility index (Phi) is 4.72. The highest BCUT2D eigenvalue weighted by atomic mass is 16.4. The van der Waals surface area contributed by atoms with Gasteiger partial charge in [-0.1, -0.05) is 12.1 Å². The SMILES string of the molecule is CC(c1ccc(C#N)cc1)N1CCN(CC(=O)O)CC1. The van der Waals surface area contributed by atoms with Crippen LogP contribution in [0.3, 0.4) is 0 Å². The van der Waals surface area contributed by atoms with Crippen molar-refractivity contribution in [1.82, 2.24) is 9.80 Å². The van der Waals surface area contributed by atoms with Gasteiger partial charge in [0.05, 0.1) is 18.2 Å². The smallest absolute Gasteiger partial charge is 0.317 e. The Labute approximate surface area is 119 Å². The number of carboxylic acid groups (broad SMARTS) is 1. The van der Waals surface area contributed by atoms with Crippen LogP contribution in [-0.4, -0.2) is 53.6 Å². The van der Waals surface area contributed by atoms with Crippen LogP contribution in [-0.2, 0) is 4.79 Å². The molecule has 1 heterocycles. The maximum atomic E-state index is 10.7. The average molecular weight is 273 g/mol. The Morgan fingerprint density at radius 3 is 2.40 bits per heavy atom. The molecule has 1 aliphatic heterocycles. The summed E-state index contributed by atoms with van der Waals surface area (Å²) in [6, 6.07) is 10.1. The molecule has 0 aromatic heterocycles. The third kappa shape index (κ3) is 3.56. The normalized spacial score (nSPS) is 18.4. The lowest BCUT2D eigenvalue weighted by molar-refractivity contribution is -0.138. The molecule has 1 aromatic carbocycles. The maximum Gasteiger partial charge on any atom is 0.317 e. The van der Waals surface area contributed by atoms with Gasteiger partial charge in [0, 0.05) is 32.2 Å². The average Bonchev–Trinajstić information content (AvgIpc) is 2.47. The largest absolute Gasteiger partial charge is 0.480 e. The van der Waals surface area contributed by atoms with E-state index in [1.54, 1.807) is 0 Å². The summed E-state index contributed by atoms with van der Waals surface area (Å²) < 4.78 is 0. The first-order chi connectivity index (χ1) is 9.60. The van der Waals surface area contributed by atoms with Crippen LogP contribution in [0, 0.1) is 11.3 Å². The second kappa shape index (κ2) is 6.51. The number of nitriles is 1. The molecule has 5 heteroatoms. The van der Waals surface area contributed by atoms with Crippen LogP contribution >= 0.6 is 0 Å². The molecule has 1 aliphatic rings. The lowest BCUT2D eigenvalue weighted by Gasteiger charge is -2.37. The highest BCUT2D eigenvalue weighted by Crippen LogP contribution is 2.21. The second-order valence-corrected chi connectivity index (χ2v) is 5.12. The third-order valence-corrected chi connectivity index (χ3v) is 3.84. The Morgan fingerprint density at radius 2 is 1.90 bits per heavy atom. The first-order valence-electron chi connectivity index (χ1n) is 6.78. The number of benzene rings is 1. The van der Waals surface area contributed by atoms with Crippen molar-refractivity contribution >= 4 is 5.97 Å². The second-order valence-electron chi connectivity index (χ2n) is 5.12. The molecule has 0 radical (unpaired) electrons. The number of nitrogens with zero attached hydrogens (tertiary/aromatic N) is 3. The molecule has 0 amide bonds. The molecule has 1 saturated heterocycles. The summed E-state index contributed by atoms with van der Waals surface area (Å²) in [5.41, 5.74) is 1.86. The molecular weight excluding hydrogens is 254 g/mol. The van der Waals surface area contributed by atoms with Crippen LogP contribution in [0.15, 0.2) is 24.3 Å². The highest BCUT2D eigenvalue weighted by molar-refractivity contribution is 5.69. The minimum absolute atomic E-state index is 0.124. The molecule has 1 N–H and O–H groups in total. The molecule has 2 rings (SSSR count). The zero-order valence-electron chi connectivity index (χ0n) is 11.6. The fourth-order valence-electron chi connectivity index (χ4n) is 2.55. The molecule has 1 atom stereocenters. The maximum absolute atomic E-state index is 10.7. The fourth-order valence-corrected chi connectivity index (χ4v) is 2.55. The van der Waals surface area contributed by atoms with Crippen molar-refractivity contribution in [3.63, 3.8) is 0 Å². The van der Waals surface area contributed by atoms with Gasteiger partial charge < -0.3 is 5.11 Å². The van der Waals surface area contributed by atoms with Crippen molar-refractivity contribution < 1.29 is 9.90 Å². The zero-order chi connectivity index (χ0) is 14.5. The fraction of sp³-hybridized carbons (Fsp3) is 0.467. The van der Waals surface area contributed by atoms with E-state index >= 15 is 0 Å². The van der Waals surface area contributed by atoms with E-state index in [0.29, 0.717) is 5.56 Å². The van der Waals surface area contributed by atoms with Gasteiger partial charge in [0.15, 0.2) is 0 Å². The highest BCUT2D eigenvalue weighted by Gasteiger charge is 2.22. The van der Waals surface area contributed by atoms with Crippen LogP contribution < -0.4 is 0 Å². The van der Waals surface area contributed by atoms with E-state index < -0.39 is 5.97 Å². The van der Waals surface area contributed by atoms with Gasteiger partial charge >= 0.3 is 5.97 Å². The minimum atomic E-state index is -0.765. The molecule has 1 aromatic rings. The molecule has 1 unspecified atom stereocenters. The van der Waals surface area contributed by atoms with Crippen LogP contribution in [0.2, 0.25) is 0 Å². The van der Waals surface area contributed by atoms with E-state index in [2.05, 4.69) is 17.9 Å². The van der Waals surface area contributed by atoms with Gasteiger partial charge in [-0.15, -0.1) is 0 Å². The van der Waals surface area contributed by atoms with E-state index in [0.717, 1.165) is 26.2 Å². The summed E-state index contributed by atoms with van der Waals surface area (Å²) in [6.07, 6.45) is 0. The number of hydrogen-bond acceptors (Lipinski definition) is 4. The Bertz CT molecular complexity index is 499. The van der Waals surface area contributed by atoms with E-state index in [-0.39, 0.29) is 12.6 Å². The van der Waals surface area contributed by atoms with Crippen molar-refractivity contribution in [2.45, 2.75) is 13.0 Å². The molecule has 1 fully saturated rings. The topological polar surface area (TPSA) is 67.6 Å². The predicted molar refractivity (Wildman–Crippen MR) is 75.2 cm³/mol. The molecule has 0 bridgehead atoms. The predicted octanol–water partition coefficient (Wildman–Crippen LogP) is 1.32. The van der Waals surface area contributed by atoms with Crippen molar-refractivity contribution in [2.75, 3.05) is 32.7 Å². The number of hydrogen-bond donors (Lipinski definition) is 1. The molecule has 0 spiro atoms. The number of aliphatic carboxylic acids is 1. The Morgan fingerprint density at radius 1 is 1.30 bits per heavy atom. The number of rotatable bonds is 4. The molecule has 106 valence electrons. The lowest BCUT2D eigenvalue weighted by Crippen LogP contribution is -2.48. The van der Waals surface area contributed by atoms with Crippen LogP contribution in [0.5, 0.6) is 0 Å². The number of carbonyl (C=O) groups is 1. The minimum Gasteiger partial charge on any atom is -0.480 e. The summed E-state index contributed by atoms with van der Waals surface area (Å²) in [5, 5.41) is 17.6. The van der Waals surface area contributed by atoms with E-state index in [1.807, 2.05) is 29.2 Å². The van der Waals surface area contributed by atoms with Crippen LogP contribution in [0.1, 0.15) is 24.1 Å². The Hall–Kier alpha value is -1.90. The standard InChI is InChI=1S/C15H19N3O2/c1-12(14-4-2-13(10-16)3-5-14)18-8-6-17(7-9-18)11-15(19)20/h2-5,12H,6-9,11H2,1H3,(H,19,20). The van der Waals surface area contributed by atoms with E-state index in [4.69, 9.17) is 10.4 Å². The van der Waals surface area contributed by atoms with E-state index in [1.165, 1.54) is 5.56 Å². The number of carboxylic acids is 1. The zero-order valence-corrected chi connectivity index (χ0v) is 11.6. The molecule has 5 nitrogen and oxygen atoms in total. The van der Waals surface area contributed by atoms with E-state index in [9.17, 15) is 4.79 Å². The molecule has 0 aliphatic carbocycles. The summed E-state index contributed by atoms with van der Waals surface area (Å²) in [6.45, 7) is 5.58. The van der Waals surface area contributed by atoms with Gasteiger partial charge in [-0.05, 0) is 24.6 Å². The molecule has 0 saturated carbocycles. The van der Waals surface area contributed by atoms with Gasteiger partial charge in [-0.3, -0.25) is 14.6 Å². The first-order valence-corrected chi connectivity index (χ1v) is 6.78. The van der Waals surface area contributed by atoms with Gasteiger partial charge in [0.2, 0.25) is 0 Å². The summed E-state index contributed by atoms with van der Waals surface area (Å²) in [5.74, 6) is -0.765. The Balaban J connectivity index is 1.92. The van der Waals surface area contributed by atoms with Crippen LogP contribution in [0.4, 0.5) is 0 Å². The lowest BCUT2D eigenvalue weighted by atomic mass is 10.0. The molecule has 20 heavy (non-hydrogen) atoms. The summed E-state index contributed by atoms with van der Waals surface area (Å²) in [4.78, 5) is 15.0. The van der Waals surface area contributed by atoms with Crippen molar-refractivity contribution in [2.24, 2.45) is 0 Å². The van der Waals surface area contributed by atoms with Gasteiger partial charge in [-0.2, -0.15) is 5.26 Å². The van der Waals surface area contributed by atoms with Crippen molar-refractivity contribution in [3.05, 3.63) is 35.4 Å². The third-order valence-electron chi connectivity index (χ3n) is 3.84. The van der Waals surface area contributed by atoms with Gasteiger partial charge in [0.1, 0.15) is 0 Å². The first kappa shape index (κ1) is 14.5. The summed E-state index contributed by atoms with van der Waals surface area (Å²) >= 11 is 0. The van der Waals surface area contributed by atoms with Gasteiger partial charge in [0.25, 0.3) is 0 Å². The number of piperazine rings is 1.